The largest absolute Gasteiger partial charge is 0.748 e. The van der Waals surface area contributed by atoms with Crippen molar-refractivity contribution in [3.63, 3.8) is 0 Å². The van der Waals surface area contributed by atoms with Crippen LogP contribution >= 0.6 is 7.26 Å². The van der Waals surface area contributed by atoms with Crippen LogP contribution in [0.3, 0.4) is 0 Å². The van der Waals surface area contributed by atoms with E-state index in [1.54, 1.807) is 24.6 Å². The Labute approximate surface area is 287 Å². The van der Waals surface area contributed by atoms with Crippen LogP contribution in [0.5, 0.6) is 0 Å². The Hall–Kier alpha value is 0.340. The van der Waals surface area contributed by atoms with E-state index in [9.17, 15) is 13.0 Å². The maximum absolute atomic E-state index is 10.4. The van der Waals surface area contributed by atoms with E-state index in [1.807, 2.05) is 0 Å². The second-order valence-corrected chi connectivity index (χ2v) is 20.3. The highest BCUT2D eigenvalue weighted by molar-refractivity contribution is 7.85. The average molecular weight is 677 g/mol. The first-order chi connectivity index (χ1) is 21.8. The van der Waals surface area contributed by atoms with Crippen LogP contribution in [-0.2, 0) is 10.1 Å². The second kappa shape index (κ2) is 37.2. The summed E-state index contributed by atoms with van der Waals surface area (Å²) in [5.41, 5.74) is 0. The molecule has 45 heavy (non-hydrogen) atoms. The minimum absolute atomic E-state index is 0.189. The normalized spacial score (nSPS) is 12.0. The molecule has 0 rings (SSSR count). The van der Waals surface area contributed by atoms with Gasteiger partial charge in [0.15, 0.2) is 0 Å². The molecular weight excluding hydrogens is 591 g/mol. The molecule has 0 bridgehead atoms. The van der Waals surface area contributed by atoms with Gasteiger partial charge in [0.05, 0.1) is 34.8 Å². The third-order valence-electron chi connectivity index (χ3n) is 9.69. The Morgan fingerprint density at radius 2 is 0.533 bits per heavy atom. The van der Waals surface area contributed by atoms with Gasteiger partial charge in [0.2, 0.25) is 0 Å². The Morgan fingerprint density at radius 1 is 0.333 bits per heavy atom. The number of rotatable bonds is 35. The first-order valence-corrected chi connectivity index (χ1v) is 24.7. The summed E-state index contributed by atoms with van der Waals surface area (Å²) in [4.78, 5) is 0. The van der Waals surface area contributed by atoms with Crippen LogP contribution in [0, 0.1) is 0 Å². The molecule has 0 N–H and O–H groups in total. The Bertz CT molecular complexity index is 598. The Kier molecular flexibility index (Phi) is 39.2. The van der Waals surface area contributed by atoms with Crippen LogP contribution in [0.25, 0.3) is 0 Å². The van der Waals surface area contributed by atoms with Gasteiger partial charge in [-0.2, -0.15) is 0 Å². The summed E-state index contributed by atoms with van der Waals surface area (Å²) in [6.07, 6.45) is 47.2. The molecule has 0 aliphatic rings. The van der Waals surface area contributed by atoms with Crippen LogP contribution in [-0.4, -0.2) is 43.4 Å². The third-order valence-corrected chi connectivity index (χ3v) is 15.5. The Balaban J connectivity index is 0. The third kappa shape index (κ3) is 38.7. The summed E-state index contributed by atoms with van der Waals surface area (Å²) in [5.74, 6) is -0.189. The summed E-state index contributed by atoms with van der Waals surface area (Å²) in [6, 6.07) is 0. The molecule has 0 amide bonds. The summed E-state index contributed by atoms with van der Waals surface area (Å²) in [7, 11) is -4.65. The molecule has 0 aliphatic heterocycles. The van der Waals surface area contributed by atoms with Crippen molar-refractivity contribution in [3.8, 4) is 0 Å². The minimum atomic E-state index is -3.99. The molecule has 0 radical (unpaired) electrons. The van der Waals surface area contributed by atoms with Crippen molar-refractivity contribution in [1.29, 1.82) is 0 Å². The molecule has 3 nitrogen and oxygen atoms in total. The van der Waals surface area contributed by atoms with Gasteiger partial charge in [0.25, 0.3) is 0 Å². The van der Waals surface area contributed by atoms with Crippen molar-refractivity contribution in [1.82, 2.24) is 0 Å². The van der Waals surface area contributed by atoms with Crippen molar-refractivity contribution >= 4 is 17.4 Å². The molecule has 0 aliphatic carbocycles. The maximum Gasteiger partial charge on any atom is 0.0945 e. The fourth-order valence-electron chi connectivity index (χ4n) is 6.64. The van der Waals surface area contributed by atoms with Crippen LogP contribution in [0.2, 0.25) is 0 Å². The van der Waals surface area contributed by atoms with E-state index in [-0.39, 0.29) is 5.75 Å². The molecule has 0 fully saturated rings. The smallest absolute Gasteiger partial charge is 0.0945 e. The SMILES string of the molecule is CCCCCCCCCCCCCCCCS(=O)(=O)[O-].CCCCCC[P+](CCCCCC)(CCCCCC)CCCCCC. The zero-order chi connectivity index (χ0) is 33.7. The van der Waals surface area contributed by atoms with Crippen molar-refractivity contribution in [3.05, 3.63) is 0 Å². The molecule has 0 saturated heterocycles. The van der Waals surface area contributed by atoms with Gasteiger partial charge in [-0.3, -0.25) is 0 Å². The average Bonchev–Trinajstić information content (AvgIpc) is 3.02. The highest BCUT2D eigenvalue weighted by Crippen LogP contribution is 2.61. The lowest BCUT2D eigenvalue weighted by Crippen LogP contribution is -2.13. The lowest BCUT2D eigenvalue weighted by Gasteiger charge is -2.28. The second-order valence-electron chi connectivity index (χ2n) is 14.3. The molecule has 0 heterocycles. The predicted octanol–water partition coefficient (Wildman–Crippen LogP) is 14.3. The fraction of sp³-hybridized carbons (Fsp3) is 1.00. The van der Waals surface area contributed by atoms with E-state index in [1.165, 1.54) is 173 Å². The fourth-order valence-corrected chi connectivity index (χ4v) is 12.1. The highest BCUT2D eigenvalue weighted by atomic mass is 32.2. The van der Waals surface area contributed by atoms with E-state index < -0.39 is 17.4 Å². The number of hydrogen-bond donors (Lipinski definition) is 0. The molecule has 0 unspecified atom stereocenters. The monoisotopic (exact) mass is 677 g/mol. The highest BCUT2D eigenvalue weighted by Gasteiger charge is 2.34. The van der Waals surface area contributed by atoms with E-state index in [2.05, 4.69) is 34.6 Å². The zero-order valence-electron chi connectivity index (χ0n) is 31.8. The molecule has 0 aromatic heterocycles. The molecule has 0 aromatic rings. The van der Waals surface area contributed by atoms with Gasteiger partial charge in [-0.05, 0) is 57.8 Å². The van der Waals surface area contributed by atoms with Gasteiger partial charge in [-0.1, -0.05) is 169 Å². The summed E-state index contributed by atoms with van der Waals surface area (Å²) in [6.45, 7) is 11.6. The number of unbranched alkanes of at least 4 members (excludes halogenated alkanes) is 25. The van der Waals surface area contributed by atoms with E-state index >= 15 is 0 Å². The van der Waals surface area contributed by atoms with Crippen LogP contribution < -0.4 is 0 Å². The first-order valence-electron chi connectivity index (χ1n) is 20.6. The van der Waals surface area contributed by atoms with Crippen molar-refractivity contribution in [2.24, 2.45) is 0 Å². The van der Waals surface area contributed by atoms with E-state index in [4.69, 9.17) is 0 Å². The molecule has 0 saturated carbocycles. The summed E-state index contributed by atoms with van der Waals surface area (Å²) in [5, 5.41) is 0. The van der Waals surface area contributed by atoms with Gasteiger partial charge in [-0.25, -0.2) is 8.42 Å². The van der Waals surface area contributed by atoms with Crippen molar-refractivity contribution in [2.45, 2.75) is 227 Å². The van der Waals surface area contributed by atoms with Crippen molar-refractivity contribution < 1.29 is 13.0 Å². The standard InChI is InChI=1S/C24H52P.C16H34O3S/c1-5-9-13-17-21-25(22-18-14-10-6-2,23-19-15-11-7-3)24-20-16-12-8-4;1-2-3-4-5-6-7-8-9-10-11-12-13-14-15-16-20(17,18)19/h5-24H2,1-4H3;2-16H2,1H3,(H,17,18,19)/q+1;/p-1. The van der Waals surface area contributed by atoms with Gasteiger partial charge < -0.3 is 4.55 Å². The molecule has 0 aromatic carbocycles. The van der Waals surface area contributed by atoms with Gasteiger partial charge >= 0.3 is 0 Å². The zero-order valence-corrected chi connectivity index (χ0v) is 33.5. The summed E-state index contributed by atoms with van der Waals surface area (Å²) < 4.78 is 31.2. The van der Waals surface area contributed by atoms with Gasteiger partial charge in [0.1, 0.15) is 0 Å². The van der Waals surface area contributed by atoms with Crippen LogP contribution in [0.15, 0.2) is 0 Å². The topological polar surface area (TPSA) is 57.2 Å². The van der Waals surface area contributed by atoms with Crippen LogP contribution in [0.1, 0.15) is 227 Å². The number of hydrogen-bond acceptors (Lipinski definition) is 3. The summed E-state index contributed by atoms with van der Waals surface area (Å²) >= 11 is 0. The molecule has 274 valence electrons. The molecular formula is C40H85O3PS. The van der Waals surface area contributed by atoms with Gasteiger partial charge in [0, 0.05) is 13.0 Å². The molecule has 0 spiro atoms. The van der Waals surface area contributed by atoms with Gasteiger partial charge in [-0.15, -0.1) is 0 Å². The lowest BCUT2D eigenvalue weighted by atomic mass is 10.0. The minimum Gasteiger partial charge on any atom is -0.748 e. The van der Waals surface area contributed by atoms with E-state index in [0.717, 1.165) is 12.8 Å². The predicted molar refractivity (Wildman–Crippen MR) is 208 cm³/mol. The lowest BCUT2D eigenvalue weighted by molar-refractivity contribution is 0.459. The molecule has 0 atom stereocenters. The van der Waals surface area contributed by atoms with Crippen molar-refractivity contribution in [2.75, 3.05) is 30.4 Å². The van der Waals surface area contributed by atoms with Crippen LogP contribution in [0.4, 0.5) is 0 Å². The Morgan fingerprint density at radius 3 is 0.756 bits per heavy atom. The van der Waals surface area contributed by atoms with E-state index in [0.29, 0.717) is 6.42 Å². The molecule has 5 heteroatoms. The quantitative estimate of drug-likeness (QED) is 0.0381. The first kappa shape index (κ1) is 47.5. The maximum atomic E-state index is 10.4.